The lowest BCUT2D eigenvalue weighted by molar-refractivity contribution is -0.136. The molecule has 7 heteroatoms. The molecule has 0 aliphatic carbocycles. The van der Waals surface area contributed by atoms with Gasteiger partial charge in [-0.2, -0.15) is 5.10 Å². The Balaban J connectivity index is 1.64. The first kappa shape index (κ1) is 18.1. The van der Waals surface area contributed by atoms with E-state index >= 15 is 0 Å². The minimum absolute atomic E-state index is 0.0935. The van der Waals surface area contributed by atoms with Gasteiger partial charge in [-0.15, -0.1) is 0 Å². The molecule has 0 saturated carbocycles. The summed E-state index contributed by atoms with van der Waals surface area (Å²) in [5, 5.41) is 16.0. The standard InChI is InChI=1S/C19H23N3O4/c1-13-17(12-20-22(13)16-8-10-26-11-9-16)19(25)21-15-5-2-14(3-6-15)4-7-18(23)24/h2-3,5-6,12,16H,4,7-11H2,1H3,(H,21,25)(H,23,24). The van der Waals surface area contributed by atoms with Crippen LogP contribution in [0.4, 0.5) is 5.69 Å². The molecule has 2 N–H and O–H groups in total. The van der Waals surface area contributed by atoms with Gasteiger partial charge >= 0.3 is 5.97 Å². The summed E-state index contributed by atoms with van der Waals surface area (Å²) in [5.41, 5.74) is 3.01. The van der Waals surface area contributed by atoms with Crippen molar-refractivity contribution >= 4 is 17.6 Å². The van der Waals surface area contributed by atoms with E-state index in [2.05, 4.69) is 10.4 Å². The molecule has 3 rings (SSSR count). The monoisotopic (exact) mass is 357 g/mol. The van der Waals surface area contributed by atoms with Crippen LogP contribution < -0.4 is 5.32 Å². The van der Waals surface area contributed by atoms with Crippen molar-refractivity contribution in [3.05, 3.63) is 47.3 Å². The summed E-state index contributed by atoms with van der Waals surface area (Å²) in [7, 11) is 0. The van der Waals surface area contributed by atoms with Gasteiger partial charge in [0.1, 0.15) is 0 Å². The number of benzene rings is 1. The van der Waals surface area contributed by atoms with Gasteiger partial charge in [-0.1, -0.05) is 12.1 Å². The van der Waals surface area contributed by atoms with Crippen LogP contribution in [-0.4, -0.2) is 40.0 Å². The molecule has 1 fully saturated rings. The molecule has 1 aliphatic heterocycles. The maximum absolute atomic E-state index is 12.6. The molecule has 7 nitrogen and oxygen atoms in total. The number of nitrogens with one attached hydrogen (secondary N) is 1. The second-order valence-corrected chi connectivity index (χ2v) is 6.48. The minimum atomic E-state index is -0.820. The lowest BCUT2D eigenvalue weighted by Gasteiger charge is -2.23. The van der Waals surface area contributed by atoms with E-state index in [4.69, 9.17) is 9.84 Å². The molecule has 0 unspecified atom stereocenters. The molecule has 138 valence electrons. The summed E-state index contributed by atoms with van der Waals surface area (Å²) < 4.78 is 7.30. The Morgan fingerprint density at radius 1 is 1.27 bits per heavy atom. The van der Waals surface area contributed by atoms with Crippen LogP contribution in [0.15, 0.2) is 30.5 Å². The molecule has 1 aromatic heterocycles. The average Bonchev–Trinajstić information content (AvgIpc) is 3.03. The Bertz CT molecular complexity index is 777. The predicted molar refractivity (Wildman–Crippen MR) is 96.4 cm³/mol. The molecule has 1 aliphatic rings. The SMILES string of the molecule is Cc1c(C(=O)Nc2ccc(CCC(=O)O)cc2)cnn1C1CCOCC1. The van der Waals surface area contributed by atoms with E-state index in [9.17, 15) is 9.59 Å². The van der Waals surface area contributed by atoms with Crippen LogP contribution in [0.5, 0.6) is 0 Å². The molecule has 1 saturated heterocycles. The Kier molecular flexibility index (Phi) is 5.68. The van der Waals surface area contributed by atoms with Crippen LogP contribution in [0.25, 0.3) is 0 Å². The number of aryl methyl sites for hydroxylation is 1. The minimum Gasteiger partial charge on any atom is -0.481 e. The van der Waals surface area contributed by atoms with E-state index in [1.807, 2.05) is 23.7 Å². The van der Waals surface area contributed by atoms with Crippen LogP contribution in [0.1, 0.15) is 46.9 Å². The Morgan fingerprint density at radius 3 is 2.62 bits per heavy atom. The number of rotatable bonds is 6. The van der Waals surface area contributed by atoms with Gasteiger partial charge in [-0.3, -0.25) is 14.3 Å². The van der Waals surface area contributed by atoms with E-state index in [1.165, 1.54) is 0 Å². The first-order valence-electron chi connectivity index (χ1n) is 8.78. The van der Waals surface area contributed by atoms with Crippen molar-refractivity contribution in [1.82, 2.24) is 9.78 Å². The van der Waals surface area contributed by atoms with Crippen molar-refractivity contribution in [3.8, 4) is 0 Å². The van der Waals surface area contributed by atoms with Crippen LogP contribution in [0.3, 0.4) is 0 Å². The summed E-state index contributed by atoms with van der Waals surface area (Å²) in [6, 6.07) is 7.51. The molecule has 0 bridgehead atoms. The van der Waals surface area contributed by atoms with Crippen molar-refractivity contribution in [2.75, 3.05) is 18.5 Å². The number of nitrogens with zero attached hydrogens (tertiary/aromatic N) is 2. The van der Waals surface area contributed by atoms with Crippen molar-refractivity contribution in [2.45, 2.75) is 38.6 Å². The number of hydrogen-bond donors (Lipinski definition) is 2. The van der Waals surface area contributed by atoms with Crippen LogP contribution >= 0.6 is 0 Å². The first-order valence-corrected chi connectivity index (χ1v) is 8.78. The van der Waals surface area contributed by atoms with Crippen molar-refractivity contribution < 1.29 is 19.4 Å². The fourth-order valence-corrected chi connectivity index (χ4v) is 3.15. The molecule has 1 aromatic carbocycles. The highest BCUT2D eigenvalue weighted by Crippen LogP contribution is 2.23. The lowest BCUT2D eigenvalue weighted by atomic mass is 10.1. The highest BCUT2D eigenvalue weighted by atomic mass is 16.5. The van der Waals surface area contributed by atoms with Gasteiger partial charge in [-0.25, -0.2) is 0 Å². The van der Waals surface area contributed by atoms with Crippen LogP contribution in [-0.2, 0) is 16.0 Å². The zero-order valence-electron chi connectivity index (χ0n) is 14.8. The highest BCUT2D eigenvalue weighted by Gasteiger charge is 2.21. The third-order valence-corrected chi connectivity index (χ3v) is 4.67. The Labute approximate surface area is 152 Å². The number of hydrogen-bond acceptors (Lipinski definition) is 4. The number of ether oxygens (including phenoxy) is 1. The third-order valence-electron chi connectivity index (χ3n) is 4.67. The summed E-state index contributed by atoms with van der Waals surface area (Å²) >= 11 is 0. The molecular formula is C19H23N3O4. The smallest absolute Gasteiger partial charge is 0.303 e. The van der Waals surface area contributed by atoms with E-state index in [1.54, 1.807) is 18.3 Å². The molecular weight excluding hydrogens is 334 g/mol. The van der Waals surface area contributed by atoms with Crippen molar-refractivity contribution in [2.24, 2.45) is 0 Å². The maximum atomic E-state index is 12.6. The largest absolute Gasteiger partial charge is 0.481 e. The number of aliphatic carboxylic acids is 1. The number of carboxylic acid groups (broad SMARTS) is 1. The number of anilines is 1. The summed E-state index contributed by atoms with van der Waals surface area (Å²) in [6.45, 7) is 3.35. The zero-order chi connectivity index (χ0) is 18.5. The molecule has 2 aromatic rings. The van der Waals surface area contributed by atoms with Crippen LogP contribution in [0.2, 0.25) is 0 Å². The molecule has 0 radical (unpaired) electrons. The summed E-state index contributed by atoms with van der Waals surface area (Å²) in [4.78, 5) is 23.2. The van der Waals surface area contributed by atoms with Crippen molar-refractivity contribution in [3.63, 3.8) is 0 Å². The van der Waals surface area contributed by atoms with Gasteiger partial charge < -0.3 is 15.2 Å². The summed E-state index contributed by atoms with van der Waals surface area (Å²) in [5.74, 6) is -1.02. The van der Waals surface area contributed by atoms with Gasteiger partial charge in [-0.05, 0) is 43.9 Å². The lowest BCUT2D eigenvalue weighted by Crippen LogP contribution is -2.22. The fraction of sp³-hybridized carbons (Fsp3) is 0.421. The van der Waals surface area contributed by atoms with E-state index in [0.29, 0.717) is 17.7 Å². The molecule has 2 heterocycles. The van der Waals surface area contributed by atoms with Crippen molar-refractivity contribution in [1.29, 1.82) is 0 Å². The first-order chi connectivity index (χ1) is 12.5. The van der Waals surface area contributed by atoms with Gasteiger partial charge in [0.25, 0.3) is 5.91 Å². The maximum Gasteiger partial charge on any atom is 0.303 e. The van der Waals surface area contributed by atoms with Gasteiger partial charge in [0, 0.05) is 31.0 Å². The number of carbonyl (C=O) groups is 2. The van der Waals surface area contributed by atoms with Gasteiger partial charge in [0.05, 0.1) is 17.8 Å². The third kappa shape index (κ3) is 4.29. The Morgan fingerprint density at radius 2 is 1.96 bits per heavy atom. The zero-order valence-corrected chi connectivity index (χ0v) is 14.8. The normalized spacial score (nSPS) is 15.0. The van der Waals surface area contributed by atoms with E-state index < -0.39 is 5.97 Å². The molecule has 0 spiro atoms. The second-order valence-electron chi connectivity index (χ2n) is 6.48. The summed E-state index contributed by atoms with van der Waals surface area (Å²) in [6.07, 6.45) is 3.99. The molecule has 0 atom stereocenters. The predicted octanol–water partition coefficient (Wildman–Crippen LogP) is 2.81. The quantitative estimate of drug-likeness (QED) is 0.829. The number of carboxylic acids is 1. The number of carbonyl (C=O) groups excluding carboxylic acids is 1. The van der Waals surface area contributed by atoms with E-state index in [0.717, 1.165) is 37.3 Å². The van der Waals surface area contributed by atoms with Crippen LogP contribution in [0, 0.1) is 6.92 Å². The Hall–Kier alpha value is -2.67. The molecule has 1 amide bonds. The fourth-order valence-electron chi connectivity index (χ4n) is 3.15. The number of aromatic nitrogens is 2. The van der Waals surface area contributed by atoms with Gasteiger partial charge in [0.15, 0.2) is 0 Å². The number of amides is 1. The highest BCUT2D eigenvalue weighted by molar-refractivity contribution is 6.04. The molecule has 26 heavy (non-hydrogen) atoms. The van der Waals surface area contributed by atoms with E-state index in [-0.39, 0.29) is 18.4 Å². The second kappa shape index (κ2) is 8.14. The topological polar surface area (TPSA) is 93.5 Å². The van der Waals surface area contributed by atoms with Gasteiger partial charge in [0.2, 0.25) is 0 Å². The average molecular weight is 357 g/mol.